The van der Waals surface area contributed by atoms with Crippen LogP contribution in [0.1, 0.15) is 48.2 Å². The summed E-state index contributed by atoms with van der Waals surface area (Å²) in [7, 11) is 1.57. The summed E-state index contributed by atoms with van der Waals surface area (Å²) in [6, 6.07) is 15.1. The molecule has 1 unspecified atom stereocenters. The second-order valence-corrected chi connectivity index (χ2v) is 9.36. The van der Waals surface area contributed by atoms with E-state index < -0.39 is 17.7 Å². The van der Waals surface area contributed by atoms with Crippen LogP contribution in [0, 0.1) is 6.92 Å². The van der Waals surface area contributed by atoms with E-state index in [0.29, 0.717) is 29.4 Å². The number of Topliss-reactive ketones (excluding diaryl/α,β-unsaturated/α-hetero) is 1. The van der Waals surface area contributed by atoms with Gasteiger partial charge in [0.05, 0.1) is 19.3 Å². The Labute approximate surface area is 209 Å². The Morgan fingerprint density at radius 3 is 2.29 bits per heavy atom. The van der Waals surface area contributed by atoms with E-state index in [0.717, 1.165) is 29.7 Å². The lowest BCUT2D eigenvalue weighted by Gasteiger charge is -2.25. The number of benzene rings is 2. The summed E-state index contributed by atoms with van der Waals surface area (Å²) in [6.07, 6.45) is 3.21. The van der Waals surface area contributed by atoms with Crippen LogP contribution >= 0.6 is 11.3 Å². The van der Waals surface area contributed by atoms with Crippen LogP contribution in [-0.2, 0) is 9.59 Å². The number of amides is 1. The van der Waals surface area contributed by atoms with Gasteiger partial charge in [-0.05, 0) is 78.9 Å². The number of methoxy groups -OCH3 is 1. The normalized spacial score (nSPS) is 17.1. The minimum absolute atomic E-state index is 0.0768. The zero-order valence-electron chi connectivity index (χ0n) is 20.1. The fraction of sp³-hybridized carbons (Fsp3) is 0.286. The van der Waals surface area contributed by atoms with Crippen LogP contribution in [0.5, 0.6) is 11.5 Å². The third-order valence-electron chi connectivity index (χ3n) is 6.09. The molecule has 0 aliphatic carbocycles. The van der Waals surface area contributed by atoms with Gasteiger partial charge in [0.2, 0.25) is 0 Å². The lowest BCUT2D eigenvalue weighted by Crippen LogP contribution is -2.29. The second-order valence-electron chi connectivity index (χ2n) is 8.41. The van der Waals surface area contributed by atoms with Crippen LogP contribution < -0.4 is 14.4 Å². The van der Waals surface area contributed by atoms with Crippen molar-refractivity contribution in [2.45, 2.75) is 39.2 Å². The van der Waals surface area contributed by atoms with Crippen molar-refractivity contribution >= 4 is 34.5 Å². The molecular formula is C28H29NO5S. The Morgan fingerprint density at radius 2 is 1.69 bits per heavy atom. The lowest BCUT2D eigenvalue weighted by atomic mass is 9.98. The van der Waals surface area contributed by atoms with Gasteiger partial charge in [0, 0.05) is 16.1 Å². The fourth-order valence-corrected chi connectivity index (χ4v) is 5.19. The lowest BCUT2D eigenvalue weighted by molar-refractivity contribution is -0.132. The molecule has 4 rings (SSSR count). The van der Waals surface area contributed by atoms with Crippen LogP contribution in [0.15, 0.2) is 65.6 Å². The molecule has 2 aromatic carbocycles. The first-order valence-electron chi connectivity index (χ1n) is 11.7. The largest absolute Gasteiger partial charge is 0.507 e. The first-order valence-corrected chi connectivity index (χ1v) is 12.6. The molecule has 0 spiro atoms. The number of anilines is 1. The number of hydrogen-bond donors (Lipinski definition) is 1. The number of unbranched alkanes of at least 4 members (excludes halogenated alkanes) is 2. The maximum atomic E-state index is 13.3. The van der Waals surface area contributed by atoms with Crippen LogP contribution in [0.3, 0.4) is 0 Å². The molecule has 2 heterocycles. The van der Waals surface area contributed by atoms with Crippen molar-refractivity contribution in [3.63, 3.8) is 0 Å². The van der Waals surface area contributed by atoms with Gasteiger partial charge in [0.15, 0.2) is 0 Å². The smallest absolute Gasteiger partial charge is 0.300 e. The van der Waals surface area contributed by atoms with E-state index in [2.05, 4.69) is 6.92 Å². The SMILES string of the molecule is CCCCCOc1ccc(/C(O)=C2/C(=O)C(=O)N(c3ccc(OC)cc3)C2c2sccc2C)cc1. The number of rotatable bonds is 9. The zero-order chi connectivity index (χ0) is 24.9. The van der Waals surface area contributed by atoms with Gasteiger partial charge in [-0.1, -0.05) is 19.8 Å². The number of hydrogen-bond acceptors (Lipinski definition) is 6. The van der Waals surface area contributed by atoms with Gasteiger partial charge in [0.1, 0.15) is 23.3 Å². The number of aryl methyl sites for hydroxylation is 1. The molecule has 3 aromatic rings. The molecule has 35 heavy (non-hydrogen) atoms. The van der Waals surface area contributed by atoms with Crippen molar-refractivity contribution in [1.82, 2.24) is 0 Å². The molecular weight excluding hydrogens is 462 g/mol. The number of nitrogens with zero attached hydrogens (tertiary/aromatic N) is 1. The molecule has 1 saturated heterocycles. The van der Waals surface area contributed by atoms with Crippen LogP contribution in [0.25, 0.3) is 5.76 Å². The maximum absolute atomic E-state index is 13.3. The molecule has 0 radical (unpaired) electrons. The van der Waals surface area contributed by atoms with Crippen LogP contribution in [0.2, 0.25) is 0 Å². The highest BCUT2D eigenvalue weighted by atomic mass is 32.1. The predicted molar refractivity (Wildman–Crippen MR) is 138 cm³/mol. The van der Waals surface area contributed by atoms with E-state index in [9.17, 15) is 14.7 Å². The molecule has 1 fully saturated rings. The molecule has 1 N–H and O–H groups in total. The van der Waals surface area contributed by atoms with Crippen molar-refractivity contribution in [3.8, 4) is 11.5 Å². The molecule has 6 nitrogen and oxygen atoms in total. The zero-order valence-corrected chi connectivity index (χ0v) is 20.9. The van der Waals surface area contributed by atoms with Gasteiger partial charge < -0.3 is 14.6 Å². The molecule has 1 atom stereocenters. The van der Waals surface area contributed by atoms with E-state index in [4.69, 9.17) is 9.47 Å². The van der Waals surface area contributed by atoms with Crippen LogP contribution in [-0.4, -0.2) is 30.5 Å². The fourth-order valence-electron chi connectivity index (χ4n) is 4.16. The average molecular weight is 492 g/mol. The van der Waals surface area contributed by atoms with Gasteiger partial charge in [-0.25, -0.2) is 0 Å². The summed E-state index contributed by atoms with van der Waals surface area (Å²) in [5.74, 6) is -0.246. The van der Waals surface area contributed by atoms with Crippen molar-refractivity contribution in [2.24, 2.45) is 0 Å². The van der Waals surface area contributed by atoms with Gasteiger partial charge >= 0.3 is 0 Å². The quantitative estimate of drug-likeness (QED) is 0.165. The molecule has 1 amide bonds. The summed E-state index contributed by atoms with van der Waals surface area (Å²) >= 11 is 1.45. The highest BCUT2D eigenvalue weighted by Gasteiger charge is 2.47. The number of aliphatic hydroxyl groups is 1. The Balaban J connectivity index is 1.73. The number of thiophene rings is 1. The topological polar surface area (TPSA) is 76.1 Å². The average Bonchev–Trinajstić information content (AvgIpc) is 3.42. The molecule has 1 aromatic heterocycles. The highest BCUT2D eigenvalue weighted by Crippen LogP contribution is 2.45. The molecule has 7 heteroatoms. The Kier molecular flexibility index (Phi) is 7.56. The van der Waals surface area contributed by atoms with Gasteiger partial charge in [0.25, 0.3) is 11.7 Å². The maximum Gasteiger partial charge on any atom is 0.300 e. The first kappa shape index (κ1) is 24.5. The highest BCUT2D eigenvalue weighted by molar-refractivity contribution is 7.10. The Morgan fingerprint density at radius 1 is 1.00 bits per heavy atom. The molecule has 1 aliphatic heterocycles. The summed E-state index contributed by atoms with van der Waals surface area (Å²) in [5, 5.41) is 13.2. The van der Waals surface area contributed by atoms with Crippen molar-refractivity contribution < 1.29 is 24.2 Å². The van der Waals surface area contributed by atoms with Crippen molar-refractivity contribution in [1.29, 1.82) is 0 Å². The second kappa shape index (κ2) is 10.8. The van der Waals surface area contributed by atoms with Crippen LogP contribution in [0.4, 0.5) is 5.69 Å². The minimum atomic E-state index is -0.728. The van der Waals surface area contributed by atoms with E-state index in [1.165, 1.54) is 16.2 Å². The summed E-state index contributed by atoms with van der Waals surface area (Å²) in [5.41, 5.74) is 2.04. The standard InChI is InChI=1S/C28H29NO5S/c1-4-5-6-16-34-22-11-7-19(8-12-22)25(30)23-24(27-18(2)15-17-35-27)29(28(32)26(23)31)20-9-13-21(33-3)14-10-20/h7-15,17,24,30H,4-6,16H2,1-3H3/b25-23-. The van der Waals surface area contributed by atoms with Crippen molar-refractivity contribution in [2.75, 3.05) is 18.6 Å². The molecule has 0 bridgehead atoms. The van der Waals surface area contributed by atoms with Crippen molar-refractivity contribution in [3.05, 3.63) is 81.6 Å². The third-order valence-corrected chi connectivity index (χ3v) is 7.16. The van der Waals surface area contributed by atoms with E-state index in [1.807, 2.05) is 18.4 Å². The number of ether oxygens (including phenoxy) is 2. The van der Waals surface area contributed by atoms with E-state index >= 15 is 0 Å². The van der Waals surface area contributed by atoms with E-state index in [-0.39, 0.29) is 11.3 Å². The molecule has 0 saturated carbocycles. The van der Waals surface area contributed by atoms with Gasteiger partial charge in [-0.2, -0.15) is 0 Å². The molecule has 1 aliphatic rings. The molecule has 182 valence electrons. The Hall–Kier alpha value is -3.58. The Bertz CT molecular complexity index is 1230. The summed E-state index contributed by atoms with van der Waals surface area (Å²) in [6.45, 7) is 4.70. The summed E-state index contributed by atoms with van der Waals surface area (Å²) in [4.78, 5) is 28.8. The van der Waals surface area contributed by atoms with E-state index in [1.54, 1.807) is 55.6 Å². The monoisotopic (exact) mass is 491 g/mol. The number of ketones is 1. The first-order chi connectivity index (χ1) is 17.0. The van der Waals surface area contributed by atoms with Gasteiger partial charge in [-0.3, -0.25) is 14.5 Å². The number of carbonyl (C=O) groups excluding carboxylic acids is 2. The minimum Gasteiger partial charge on any atom is -0.507 e. The number of carbonyl (C=O) groups is 2. The third kappa shape index (κ3) is 4.95. The number of aliphatic hydroxyl groups excluding tert-OH is 1. The predicted octanol–water partition coefficient (Wildman–Crippen LogP) is 6.26. The summed E-state index contributed by atoms with van der Waals surface area (Å²) < 4.78 is 11.0. The van der Waals surface area contributed by atoms with Gasteiger partial charge in [-0.15, -0.1) is 11.3 Å².